The van der Waals surface area contributed by atoms with Crippen molar-refractivity contribution in [1.82, 2.24) is 4.98 Å². The van der Waals surface area contributed by atoms with Crippen LogP contribution in [0.4, 0.5) is 24.7 Å². The minimum Gasteiger partial charge on any atom is -0.357 e. The summed E-state index contributed by atoms with van der Waals surface area (Å²) in [5.74, 6) is 0.612. The lowest BCUT2D eigenvalue weighted by atomic mass is 10.1. The quantitative estimate of drug-likeness (QED) is 0.530. The molecule has 1 aliphatic heterocycles. The van der Waals surface area contributed by atoms with Crippen LogP contribution in [0.15, 0.2) is 60.7 Å². The minimum atomic E-state index is -4.38. The van der Waals surface area contributed by atoms with Gasteiger partial charge in [0.1, 0.15) is 5.82 Å². The normalized spacial score (nSPS) is 14.9. The fraction of sp³-hybridized carbons (Fsp3) is 0.250. The van der Waals surface area contributed by atoms with E-state index in [2.05, 4.69) is 10.2 Å². The maximum atomic E-state index is 12.6. The molecule has 7 heteroatoms. The Kier molecular flexibility index (Phi) is 5.93. The van der Waals surface area contributed by atoms with Crippen molar-refractivity contribution in [2.75, 3.05) is 23.3 Å². The predicted molar refractivity (Wildman–Crippen MR) is 117 cm³/mol. The summed E-state index contributed by atoms with van der Waals surface area (Å²) >= 11 is 0. The van der Waals surface area contributed by atoms with Crippen molar-refractivity contribution in [3.8, 4) is 0 Å². The Balaban J connectivity index is 1.41. The van der Waals surface area contributed by atoms with Crippen LogP contribution in [0.25, 0.3) is 17.0 Å². The molecule has 0 radical (unpaired) electrons. The van der Waals surface area contributed by atoms with Crippen LogP contribution in [-0.2, 0) is 11.0 Å². The van der Waals surface area contributed by atoms with Crippen molar-refractivity contribution in [2.24, 2.45) is 0 Å². The number of hydrogen-bond acceptors (Lipinski definition) is 3. The first-order valence-electron chi connectivity index (χ1n) is 10.2. The monoisotopic (exact) mass is 425 g/mol. The average molecular weight is 425 g/mol. The molecule has 0 unspecified atom stereocenters. The lowest BCUT2D eigenvalue weighted by molar-refractivity contribution is -0.137. The van der Waals surface area contributed by atoms with Crippen molar-refractivity contribution >= 4 is 34.4 Å². The Morgan fingerprint density at radius 2 is 1.71 bits per heavy atom. The number of carbonyl (C=O) groups is 1. The lowest BCUT2D eigenvalue weighted by Crippen LogP contribution is -2.30. The van der Waals surface area contributed by atoms with Gasteiger partial charge < -0.3 is 10.2 Å². The fourth-order valence-electron chi connectivity index (χ4n) is 3.63. The number of anilines is 2. The molecule has 31 heavy (non-hydrogen) atoms. The summed E-state index contributed by atoms with van der Waals surface area (Å²) in [6.07, 6.45) is 2.03. The summed E-state index contributed by atoms with van der Waals surface area (Å²) in [7, 11) is 0. The fourth-order valence-corrected chi connectivity index (χ4v) is 3.63. The number of carbonyl (C=O) groups excluding carboxylic acids is 1. The average Bonchev–Trinajstić information content (AvgIpc) is 2.77. The smallest absolute Gasteiger partial charge is 0.357 e. The second-order valence-electron chi connectivity index (χ2n) is 7.57. The van der Waals surface area contributed by atoms with Crippen LogP contribution < -0.4 is 10.2 Å². The highest BCUT2D eigenvalue weighted by Gasteiger charge is 2.29. The van der Waals surface area contributed by atoms with Gasteiger partial charge in [-0.2, -0.15) is 13.2 Å². The SMILES string of the molecule is O=C(/C=C/c1ccc(C(F)(F)F)cc1)Nc1ccc2nc(N3CCCCC3)ccc2c1. The Morgan fingerprint density at radius 1 is 0.968 bits per heavy atom. The van der Waals surface area contributed by atoms with Crippen molar-refractivity contribution in [3.63, 3.8) is 0 Å². The molecule has 0 atom stereocenters. The molecule has 4 rings (SSSR count). The molecule has 1 saturated heterocycles. The van der Waals surface area contributed by atoms with Gasteiger partial charge in [0.25, 0.3) is 0 Å². The van der Waals surface area contributed by atoms with Gasteiger partial charge in [0.05, 0.1) is 11.1 Å². The van der Waals surface area contributed by atoms with Gasteiger partial charge in [-0.15, -0.1) is 0 Å². The molecule has 0 bridgehead atoms. The topological polar surface area (TPSA) is 45.2 Å². The van der Waals surface area contributed by atoms with E-state index < -0.39 is 11.7 Å². The Bertz CT molecular complexity index is 1100. The van der Waals surface area contributed by atoms with E-state index in [0.717, 1.165) is 41.9 Å². The van der Waals surface area contributed by atoms with E-state index in [1.54, 1.807) is 6.07 Å². The zero-order valence-corrected chi connectivity index (χ0v) is 16.8. The van der Waals surface area contributed by atoms with Crippen molar-refractivity contribution < 1.29 is 18.0 Å². The highest BCUT2D eigenvalue weighted by atomic mass is 19.4. The predicted octanol–water partition coefficient (Wildman–Crippen LogP) is 5.90. The van der Waals surface area contributed by atoms with Gasteiger partial charge in [0, 0.05) is 30.2 Å². The van der Waals surface area contributed by atoms with Crippen LogP contribution in [0.5, 0.6) is 0 Å². The number of pyridine rings is 1. The van der Waals surface area contributed by atoms with E-state index >= 15 is 0 Å². The van der Waals surface area contributed by atoms with Crippen LogP contribution >= 0.6 is 0 Å². The summed E-state index contributed by atoms with van der Waals surface area (Å²) in [5.41, 5.74) is 1.28. The molecule has 2 aromatic carbocycles. The molecule has 1 N–H and O–H groups in total. The first-order valence-corrected chi connectivity index (χ1v) is 10.2. The van der Waals surface area contributed by atoms with Crippen LogP contribution in [0.2, 0.25) is 0 Å². The molecule has 1 fully saturated rings. The molecule has 1 amide bonds. The van der Waals surface area contributed by atoms with Gasteiger partial charge in [-0.25, -0.2) is 4.98 Å². The van der Waals surface area contributed by atoms with Crippen LogP contribution in [-0.4, -0.2) is 24.0 Å². The number of fused-ring (bicyclic) bond motifs is 1. The molecule has 1 aliphatic rings. The van der Waals surface area contributed by atoms with E-state index in [1.807, 2.05) is 24.3 Å². The van der Waals surface area contributed by atoms with Crippen molar-refractivity contribution in [2.45, 2.75) is 25.4 Å². The molecule has 160 valence electrons. The standard InChI is InChI=1S/C24H22F3N3O/c25-24(26,27)19-8-4-17(5-9-19)6-13-23(31)28-20-10-11-21-18(16-20)7-12-22(29-21)30-14-2-1-3-15-30/h4-13,16H,1-3,14-15H2,(H,28,31)/b13-6+. The van der Waals surface area contributed by atoms with Crippen molar-refractivity contribution in [3.05, 3.63) is 71.8 Å². The Hall–Kier alpha value is -3.35. The number of hydrogen-bond donors (Lipinski definition) is 1. The van der Waals surface area contributed by atoms with Gasteiger partial charge in [0.2, 0.25) is 5.91 Å². The first-order chi connectivity index (χ1) is 14.9. The number of nitrogens with one attached hydrogen (secondary N) is 1. The zero-order valence-electron chi connectivity index (χ0n) is 16.8. The largest absolute Gasteiger partial charge is 0.416 e. The maximum Gasteiger partial charge on any atom is 0.416 e. The third-order valence-electron chi connectivity index (χ3n) is 5.29. The van der Waals surface area contributed by atoms with E-state index in [4.69, 9.17) is 4.98 Å². The van der Waals surface area contributed by atoms with Crippen LogP contribution in [0.3, 0.4) is 0 Å². The number of benzene rings is 2. The zero-order chi connectivity index (χ0) is 21.8. The third-order valence-corrected chi connectivity index (χ3v) is 5.29. The number of amides is 1. The second kappa shape index (κ2) is 8.79. The van der Waals surface area contributed by atoms with Gasteiger partial charge in [-0.3, -0.25) is 4.79 Å². The molecule has 2 heterocycles. The molecule has 0 aliphatic carbocycles. The molecule has 1 aromatic heterocycles. The molecular formula is C24H22F3N3O. The highest BCUT2D eigenvalue weighted by Crippen LogP contribution is 2.29. The highest BCUT2D eigenvalue weighted by molar-refractivity contribution is 6.03. The molecule has 3 aromatic rings. The van der Waals surface area contributed by atoms with Gasteiger partial charge in [0.15, 0.2) is 0 Å². The maximum absolute atomic E-state index is 12.6. The lowest BCUT2D eigenvalue weighted by Gasteiger charge is -2.27. The van der Waals surface area contributed by atoms with E-state index in [9.17, 15) is 18.0 Å². The van der Waals surface area contributed by atoms with Gasteiger partial charge in [-0.1, -0.05) is 12.1 Å². The number of nitrogens with zero attached hydrogens (tertiary/aromatic N) is 2. The Morgan fingerprint density at radius 3 is 2.42 bits per heavy atom. The van der Waals surface area contributed by atoms with Gasteiger partial charge in [-0.05, 0) is 73.4 Å². The number of rotatable bonds is 4. The third kappa shape index (κ3) is 5.23. The van der Waals surface area contributed by atoms with Crippen LogP contribution in [0, 0.1) is 0 Å². The van der Waals surface area contributed by atoms with Crippen LogP contribution in [0.1, 0.15) is 30.4 Å². The first kappa shape index (κ1) is 20.9. The Labute approximate surface area is 178 Å². The molecule has 4 nitrogen and oxygen atoms in total. The number of halogens is 3. The summed E-state index contributed by atoms with van der Waals surface area (Å²) in [5, 5.41) is 3.70. The molecule has 0 spiro atoms. The van der Waals surface area contributed by atoms with E-state index in [0.29, 0.717) is 11.3 Å². The molecule has 0 saturated carbocycles. The summed E-state index contributed by atoms with van der Waals surface area (Å²) in [4.78, 5) is 19.2. The summed E-state index contributed by atoms with van der Waals surface area (Å²) in [6, 6.07) is 14.2. The number of piperidine rings is 1. The van der Waals surface area contributed by atoms with Crippen molar-refractivity contribution in [1.29, 1.82) is 0 Å². The summed E-state index contributed by atoms with van der Waals surface area (Å²) in [6.45, 7) is 2.05. The second-order valence-corrected chi connectivity index (χ2v) is 7.57. The van der Waals surface area contributed by atoms with E-state index in [-0.39, 0.29) is 5.91 Å². The summed E-state index contributed by atoms with van der Waals surface area (Å²) < 4.78 is 37.8. The number of alkyl halides is 3. The number of aromatic nitrogens is 1. The molecular weight excluding hydrogens is 403 g/mol. The van der Waals surface area contributed by atoms with E-state index in [1.165, 1.54) is 43.5 Å². The van der Waals surface area contributed by atoms with Gasteiger partial charge >= 0.3 is 6.18 Å². The minimum absolute atomic E-state index is 0.364.